The predicted octanol–water partition coefficient (Wildman–Crippen LogP) is 2.89. The summed E-state index contributed by atoms with van der Waals surface area (Å²) in [6.45, 7) is 1.30. The lowest BCUT2D eigenvalue weighted by atomic mass is 9.95. The van der Waals surface area contributed by atoms with Crippen LogP contribution in [0.25, 0.3) is 0 Å². The SMILES string of the molecule is CN(Cc1ccco1)C(=O)c1ccc2c(c1)N(C)C(=O)[C@@H]1CCCCN21. The molecule has 0 aliphatic carbocycles. The van der Waals surface area contributed by atoms with E-state index in [9.17, 15) is 9.59 Å². The number of hydrogen-bond acceptors (Lipinski definition) is 4. The Hall–Kier alpha value is -2.76. The van der Waals surface area contributed by atoms with Gasteiger partial charge in [0, 0.05) is 26.2 Å². The molecule has 2 aliphatic rings. The molecule has 6 heteroatoms. The maximum atomic E-state index is 12.8. The highest BCUT2D eigenvalue weighted by molar-refractivity contribution is 6.07. The summed E-state index contributed by atoms with van der Waals surface area (Å²) < 4.78 is 5.32. The minimum Gasteiger partial charge on any atom is -0.467 e. The van der Waals surface area contributed by atoms with E-state index in [2.05, 4.69) is 4.90 Å². The van der Waals surface area contributed by atoms with Crippen LogP contribution in [-0.4, -0.2) is 43.4 Å². The van der Waals surface area contributed by atoms with Crippen LogP contribution in [-0.2, 0) is 11.3 Å². The summed E-state index contributed by atoms with van der Waals surface area (Å²) in [6.07, 6.45) is 4.68. The summed E-state index contributed by atoms with van der Waals surface area (Å²) in [7, 11) is 3.55. The standard InChI is InChI=1S/C20H23N3O3/c1-21(13-15-6-5-11-26-15)19(24)14-8-9-16-18(12-14)22(2)20(25)17-7-3-4-10-23(16)17/h5-6,8-9,11-12,17H,3-4,7,10,13H2,1-2H3/t17-/m0/s1. The number of hydrogen-bond donors (Lipinski definition) is 0. The van der Waals surface area contributed by atoms with Gasteiger partial charge in [-0.25, -0.2) is 0 Å². The molecule has 0 bridgehead atoms. The lowest BCUT2D eigenvalue weighted by Gasteiger charge is -2.44. The Balaban J connectivity index is 1.62. The number of benzene rings is 1. The first-order chi connectivity index (χ1) is 12.6. The van der Waals surface area contributed by atoms with Gasteiger partial charge in [0.1, 0.15) is 11.8 Å². The maximum absolute atomic E-state index is 12.8. The highest BCUT2D eigenvalue weighted by Gasteiger charge is 2.38. The van der Waals surface area contributed by atoms with Crippen LogP contribution in [0.2, 0.25) is 0 Å². The number of anilines is 2. The smallest absolute Gasteiger partial charge is 0.254 e. The topological polar surface area (TPSA) is 57.0 Å². The van der Waals surface area contributed by atoms with Gasteiger partial charge in [-0.3, -0.25) is 9.59 Å². The monoisotopic (exact) mass is 353 g/mol. The Morgan fingerprint density at radius 1 is 1.27 bits per heavy atom. The number of nitrogens with zero attached hydrogens (tertiary/aromatic N) is 3. The van der Waals surface area contributed by atoms with E-state index in [1.54, 1.807) is 30.2 Å². The molecule has 0 unspecified atom stereocenters. The minimum absolute atomic E-state index is 0.0653. The van der Waals surface area contributed by atoms with Crippen molar-refractivity contribution in [3.63, 3.8) is 0 Å². The van der Waals surface area contributed by atoms with Crippen LogP contribution in [0.15, 0.2) is 41.0 Å². The number of rotatable bonds is 3. The summed E-state index contributed by atoms with van der Waals surface area (Å²) in [6, 6.07) is 9.25. The molecular weight excluding hydrogens is 330 g/mol. The second-order valence-electron chi connectivity index (χ2n) is 7.05. The Kier molecular flexibility index (Phi) is 4.18. The number of carbonyl (C=O) groups excluding carboxylic acids is 2. The van der Waals surface area contributed by atoms with Gasteiger partial charge in [0.25, 0.3) is 5.91 Å². The number of amides is 2. The molecular formula is C20H23N3O3. The number of fused-ring (bicyclic) bond motifs is 3. The lowest BCUT2D eigenvalue weighted by molar-refractivity contribution is -0.120. The summed E-state index contributed by atoms with van der Waals surface area (Å²) in [5.41, 5.74) is 2.43. The van der Waals surface area contributed by atoms with Crippen molar-refractivity contribution >= 4 is 23.2 Å². The molecule has 6 nitrogen and oxygen atoms in total. The first kappa shape index (κ1) is 16.7. The molecule has 4 rings (SSSR count). The molecule has 1 aromatic carbocycles. The fourth-order valence-electron chi connectivity index (χ4n) is 3.92. The first-order valence-electron chi connectivity index (χ1n) is 9.02. The van der Waals surface area contributed by atoms with Crippen LogP contribution in [0.3, 0.4) is 0 Å². The van der Waals surface area contributed by atoms with E-state index >= 15 is 0 Å². The van der Waals surface area contributed by atoms with Crippen LogP contribution in [0, 0.1) is 0 Å². The Labute approximate surface area is 153 Å². The molecule has 0 saturated carbocycles. The maximum Gasteiger partial charge on any atom is 0.254 e. The molecule has 26 heavy (non-hydrogen) atoms. The van der Waals surface area contributed by atoms with Crippen molar-refractivity contribution in [2.45, 2.75) is 31.8 Å². The van der Waals surface area contributed by atoms with E-state index < -0.39 is 0 Å². The summed E-state index contributed by atoms with van der Waals surface area (Å²) >= 11 is 0. The zero-order chi connectivity index (χ0) is 18.3. The second-order valence-corrected chi connectivity index (χ2v) is 7.05. The summed E-state index contributed by atoms with van der Waals surface area (Å²) in [5.74, 6) is 0.763. The molecule has 2 aliphatic heterocycles. The average molecular weight is 353 g/mol. The van der Waals surface area contributed by atoms with Gasteiger partial charge in [0.05, 0.1) is 24.2 Å². The van der Waals surface area contributed by atoms with Gasteiger partial charge < -0.3 is 19.1 Å². The molecule has 0 radical (unpaired) electrons. The Morgan fingerprint density at radius 3 is 2.88 bits per heavy atom. The van der Waals surface area contributed by atoms with Gasteiger partial charge in [0.2, 0.25) is 5.91 Å². The van der Waals surface area contributed by atoms with Gasteiger partial charge in [-0.05, 0) is 49.6 Å². The van der Waals surface area contributed by atoms with Crippen molar-refractivity contribution < 1.29 is 14.0 Å². The van der Waals surface area contributed by atoms with Crippen molar-refractivity contribution in [1.29, 1.82) is 0 Å². The van der Waals surface area contributed by atoms with E-state index in [4.69, 9.17) is 4.42 Å². The molecule has 1 fully saturated rings. The third-order valence-electron chi connectivity index (χ3n) is 5.33. The molecule has 2 amide bonds. The minimum atomic E-state index is -0.0918. The van der Waals surface area contributed by atoms with Crippen LogP contribution >= 0.6 is 0 Å². The van der Waals surface area contributed by atoms with E-state index in [0.717, 1.165) is 42.9 Å². The fourth-order valence-corrected chi connectivity index (χ4v) is 3.92. The van der Waals surface area contributed by atoms with Gasteiger partial charge in [0.15, 0.2) is 0 Å². The molecule has 1 atom stereocenters. The van der Waals surface area contributed by atoms with Crippen LogP contribution in [0.4, 0.5) is 11.4 Å². The summed E-state index contributed by atoms with van der Waals surface area (Å²) in [5, 5.41) is 0. The number of piperidine rings is 1. The normalized spacial score (nSPS) is 19.2. The average Bonchev–Trinajstić information content (AvgIpc) is 3.18. The molecule has 1 saturated heterocycles. The fraction of sp³-hybridized carbons (Fsp3) is 0.400. The van der Waals surface area contributed by atoms with Gasteiger partial charge >= 0.3 is 0 Å². The molecule has 1 aromatic heterocycles. The number of carbonyl (C=O) groups is 2. The number of likely N-dealkylation sites (N-methyl/N-ethyl adjacent to an activating group) is 1. The van der Waals surface area contributed by atoms with Crippen LogP contribution < -0.4 is 9.80 Å². The Morgan fingerprint density at radius 2 is 2.12 bits per heavy atom. The van der Waals surface area contributed by atoms with Gasteiger partial charge in [-0.15, -0.1) is 0 Å². The van der Waals surface area contributed by atoms with E-state index in [0.29, 0.717) is 12.1 Å². The van der Waals surface area contributed by atoms with Crippen molar-refractivity contribution in [3.8, 4) is 0 Å². The number of furan rings is 1. The highest BCUT2D eigenvalue weighted by Crippen LogP contribution is 2.39. The summed E-state index contributed by atoms with van der Waals surface area (Å²) in [4.78, 5) is 31.0. The van der Waals surface area contributed by atoms with E-state index in [1.807, 2.05) is 30.3 Å². The van der Waals surface area contributed by atoms with Gasteiger partial charge in [-0.2, -0.15) is 0 Å². The third kappa shape index (κ3) is 2.75. The quantitative estimate of drug-likeness (QED) is 0.851. The molecule has 0 spiro atoms. The first-order valence-corrected chi connectivity index (χ1v) is 9.02. The van der Waals surface area contributed by atoms with E-state index in [1.165, 1.54) is 0 Å². The predicted molar refractivity (Wildman–Crippen MR) is 99.3 cm³/mol. The van der Waals surface area contributed by atoms with E-state index in [-0.39, 0.29) is 17.9 Å². The zero-order valence-electron chi connectivity index (χ0n) is 15.1. The molecule has 0 N–H and O–H groups in total. The zero-order valence-corrected chi connectivity index (χ0v) is 15.1. The Bertz CT molecular complexity index is 831. The largest absolute Gasteiger partial charge is 0.467 e. The highest BCUT2D eigenvalue weighted by atomic mass is 16.3. The van der Waals surface area contributed by atoms with Crippen molar-refractivity contribution in [1.82, 2.24) is 4.90 Å². The lowest BCUT2D eigenvalue weighted by Crippen LogP contribution is -2.54. The van der Waals surface area contributed by atoms with Crippen LogP contribution in [0.1, 0.15) is 35.4 Å². The van der Waals surface area contributed by atoms with Crippen molar-refractivity contribution in [2.24, 2.45) is 0 Å². The second kappa shape index (κ2) is 6.52. The van der Waals surface area contributed by atoms with Crippen molar-refractivity contribution in [2.75, 3.05) is 30.4 Å². The third-order valence-corrected chi connectivity index (χ3v) is 5.33. The van der Waals surface area contributed by atoms with Crippen LogP contribution in [0.5, 0.6) is 0 Å². The molecule has 3 heterocycles. The van der Waals surface area contributed by atoms with Gasteiger partial charge in [-0.1, -0.05) is 0 Å². The van der Waals surface area contributed by atoms with Crippen molar-refractivity contribution in [3.05, 3.63) is 47.9 Å². The molecule has 136 valence electrons. The molecule has 2 aromatic rings.